The van der Waals surface area contributed by atoms with Crippen LogP contribution in [0.2, 0.25) is 0 Å². The number of aliphatic hydroxyl groups is 1. The van der Waals surface area contributed by atoms with E-state index in [0.29, 0.717) is 0 Å². The van der Waals surface area contributed by atoms with Crippen LogP contribution < -0.4 is 5.32 Å². The third kappa shape index (κ3) is 5.40. The van der Waals surface area contributed by atoms with Crippen molar-refractivity contribution in [2.45, 2.75) is 51.4 Å². The molecule has 1 heterocycles. The number of hydrogen-bond donors (Lipinski definition) is 2. The normalized spacial score (nSPS) is 30.4. The summed E-state index contributed by atoms with van der Waals surface area (Å²) in [6.07, 6.45) is -5.30. The standard InChI is InChI=1S/C12H18N4O7/c1-5(17)15-9-11(21-6(2)18)10(20)8(4-14-16-13)23-12(9)22-7(3)19/h8-12,20H,4H2,1-3H3,(H,15,17)/t8-,9-,10+,11-,12?/m1/s1/i1D. The molecule has 0 bridgehead atoms. The molecule has 0 aliphatic carbocycles. The first-order valence-electron chi connectivity index (χ1n) is 7.28. The van der Waals surface area contributed by atoms with E-state index in [9.17, 15) is 19.5 Å². The highest BCUT2D eigenvalue weighted by Crippen LogP contribution is 2.25. The maximum atomic E-state index is 11.5. The average molecular weight is 331 g/mol. The highest BCUT2D eigenvalue weighted by molar-refractivity contribution is 5.73. The maximum absolute atomic E-state index is 11.5. The SMILES string of the molecule is [2H]CC(=O)N[C@H]1C(OC(C)=O)O[C@H](CN=[N+]=[N-])[C@H](O)[C@@H]1OC(C)=O. The minimum atomic E-state index is -1.46. The summed E-state index contributed by atoms with van der Waals surface area (Å²) >= 11 is 0. The first-order valence-corrected chi connectivity index (χ1v) is 6.57. The highest BCUT2D eigenvalue weighted by Gasteiger charge is 2.49. The minimum absolute atomic E-state index is 0.313. The van der Waals surface area contributed by atoms with Crippen LogP contribution in [0.3, 0.4) is 0 Å². The summed E-state index contributed by atoms with van der Waals surface area (Å²) < 4.78 is 22.4. The van der Waals surface area contributed by atoms with Gasteiger partial charge in [0.05, 0.1) is 12.6 Å². The van der Waals surface area contributed by atoms with E-state index in [2.05, 4.69) is 15.3 Å². The van der Waals surface area contributed by atoms with Crippen molar-refractivity contribution in [1.82, 2.24) is 5.32 Å². The van der Waals surface area contributed by atoms with Gasteiger partial charge in [-0.2, -0.15) is 0 Å². The molecule has 0 aromatic carbocycles. The molecule has 11 heteroatoms. The number of carbonyl (C=O) groups excluding carboxylic acids is 3. The van der Waals surface area contributed by atoms with Gasteiger partial charge < -0.3 is 24.6 Å². The Hall–Kier alpha value is -2.36. The Morgan fingerprint density at radius 2 is 2.04 bits per heavy atom. The Morgan fingerprint density at radius 1 is 1.39 bits per heavy atom. The summed E-state index contributed by atoms with van der Waals surface area (Å²) in [6.45, 7) is 1.25. The van der Waals surface area contributed by atoms with Crippen molar-refractivity contribution < 1.29 is 35.1 Å². The molecule has 11 nitrogen and oxygen atoms in total. The van der Waals surface area contributed by atoms with E-state index in [-0.39, 0.29) is 6.54 Å². The van der Waals surface area contributed by atoms with Gasteiger partial charge >= 0.3 is 11.9 Å². The van der Waals surface area contributed by atoms with Crippen molar-refractivity contribution in [3.05, 3.63) is 10.4 Å². The van der Waals surface area contributed by atoms with E-state index in [1.165, 1.54) is 0 Å². The summed E-state index contributed by atoms with van der Waals surface area (Å²) in [5.74, 6) is -2.25. The van der Waals surface area contributed by atoms with E-state index >= 15 is 0 Å². The number of nitrogens with one attached hydrogen (secondary N) is 1. The molecule has 1 aliphatic rings. The molecule has 0 spiro atoms. The van der Waals surface area contributed by atoms with Crippen molar-refractivity contribution in [3.8, 4) is 0 Å². The summed E-state index contributed by atoms with van der Waals surface area (Å²) in [7, 11) is 0. The molecule has 5 atom stereocenters. The number of azide groups is 1. The summed E-state index contributed by atoms with van der Waals surface area (Å²) in [5, 5.41) is 15.9. The van der Waals surface area contributed by atoms with E-state index in [1.54, 1.807) is 0 Å². The van der Waals surface area contributed by atoms with Crippen LogP contribution in [0.4, 0.5) is 0 Å². The summed E-state index contributed by atoms with van der Waals surface area (Å²) in [5.41, 5.74) is 8.38. The van der Waals surface area contributed by atoms with Gasteiger partial charge in [-0.3, -0.25) is 14.4 Å². The third-order valence-electron chi connectivity index (χ3n) is 2.91. The molecule has 0 aromatic heterocycles. The zero-order valence-corrected chi connectivity index (χ0v) is 12.5. The fourth-order valence-corrected chi connectivity index (χ4v) is 2.12. The quantitative estimate of drug-likeness (QED) is 0.294. The van der Waals surface area contributed by atoms with E-state index < -0.39 is 55.4 Å². The molecule has 1 amide bonds. The number of nitrogens with zero attached hydrogens (tertiary/aromatic N) is 3. The number of hydrogen-bond acceptors (Lipinski definition) is 8. The maximum Gasteiger partial charge on any atom is 0.305 e. The summed E-state index contributed by atoms with van der Waals surface area (Å²) in [6, 6.07) is -1.23. The van der Waals surface area contributed by atoms with Crippen LogP contribution in [0.25, 0.3) is 10.4 Å². The lowest BCUT2D eigenvalue weighted by Gasteiger charge is -2.43. The van der Waals surface area contributed by atoms with Gasteiger partial charge in [-0.1, -0.05) is 5.11 Å². The van der Waals surface area contributed by atoms with Gasteiger partial charge in [0.15, 0.2) is 6.10 Å². The monoisotopic (exact) mass is 331 g/mol. The smallest absolute Gasteiger partial charge is 0.305 e. The number of rotatable bonds is 5. The molecule has 0 radical (unpaired) electrons. The second-order valence-electron chi connectivity index (χ2n) is 4.72. The van der Waals surface area contributed by atoms with E-state index in [1.807, 2.05) is 0 Å². The lowest BCUT2D eigenvalue weighted by molar-refractivity contribution is -0.258. The second kappa shape index (κ2) is 8.32. The zero-order chi connectivity index (χ0) is 18.3. The van der Waals surface area contributed by atoms with Crippen LogP contribution >= 0.6 is 0 Å². The highest BCUT2D eigenvalue weighted by atomic mass is 16.7. The molecule has 0 aromatic rings. The fraction of sp³-hybridized carbons (Fsp3) is 0.750. The topological polar surface area (TPSA) is 160 Å². The molecule has 1 unspecified atom stereocenters. The van der Waals surface area contributed by atoms with Crippen LogP contribution in [0.1, 0.15) is 22.1 Å². The number of aliphatic hydroxyl groups excluding tert-OH is 1. The number of amides is 1. The van der Waals surface area contributed by atoms with Crippen LogP contribution in [0.5, 0.6) is 0 Å². The van der Waals surface area contributed by atoms with Crippen molar-refractivity contribution in [3.63, 3.8) is 0 Å². The molecule has 128 valence electrons. The zero-order valence-electron chi connectivity index (χ0n) is 13.5. The molecule has 1 fully saturated rings. The molecule has 1 aliphatic heterocycles. The first-order chi connectivity index (χ1) is 11.3. The molecular weight excluding hydrogens is 312 g/mol. The molecule has 1 rings (SSSR count). The molecule has 0 saturated carbocycles. The van der Waals surface area contributed by atoms with Crippen molar-refractivity contribution in [1.29, 1.82) is 0 Å². The lowest BCUT2D eigenvalue weighted by Crippen LogP contribution is -2.65. The second-order valence-corrected chi connectivity index (χ2v) is 4.72. The van der Waals surface area contributed by atoms with Crippen molar-refractivity contribution >= 4 is 17.8 Å². The predicted molar refractivity (Wildman–Crippen MR) is 73.6 cm³/mol. The number of esters is 2. The summed E-state index contributed by atoms with van der Waals surface area (Å²) in [4.78, 5) is 36.6. The van der Waals surface area contributed by atoms with Gasteiger partial charge in [-0.05, 0) is 5.53 Å². The third-order valence-corrected chi connectivity index (χ3v) is 2.91. The van der Waals surface area contributed by atoms with E-state index in [4.69, 9.17) is 21.1 Å². The first kappa shape index (κ1) is 17.0. The largest absolute Gasteiger partial charge is 0.457 e. The van der Waals surface area contributed by atoms with Crippen LogP contribution in [0, 0.1) is 0 Å². The molecule has 1 saturated heterocycles. The van der Waals surface area contributed by atoms with Gasteiger partial charge in [-0.15, -0.1) is 0 Å². The molecular formula is C12H18N4O7. The Balaban J connectivity index is 3.13. The Kier molecular flexibility index (Phi) is 6.15. The predicted octanol–water partition coefficient (Wildman–Crippen LogP) is -0.618. The van der Waals surface area contributed by atoms with Gasteiger partial charge in [0, 0.05) is 27.0 Å². The Bertz CT molecular complexity index is 539. The van der Waals surface area contributed by atoms with Gasteiger partial charge in [0.2, 0.25) is 12.2 Å². The minimum Gasteiger partial charge on any atom is -0.457 e. The van der Waals surface area contributed by atoms with Crippen LogP contribution in [-0.2, 0) is 28.6 Å². The Morgan fingerprint density at radius 3 is 2.57 bits per heavy atom. The van der Waals surface area contributed by atoms with Crippen molar-refractivity contribution in [2.24, 2.45) is 5.11 Å². The molecule has 2 N–H and O–H groups in total. The van der Waals surface area contributed by atoms with Crippen LogP contribution in [-0.4, -0.2) is 60.1 Å². The molecule has 23 heavy (non-hydrogen) atoms. The van der Waals surface area contributed by atoms with Crippen molar-refractivity contribution in [2.75, 3.05) is 6.54 Å². The van der Waals surface area contributed by atoms with Gasteiger partial charge in [0.1, 0.15) is 12.1 Å². The average Bonchev–Trinajstić information content (AvgIpc) is 2.50. The number of ether oxygens (including phenoxy) is 3. The number of carbonyl (C=O) groups is 3. The van der Waals surface area contributed by atoms with E-state index in [0.717, 1.165) is 13.8 Å². The van der Waals surface area contributed by atoms with Gasteiger partial charge in [-0.25, -0.2) is 0 Å². The Labute approximate surface area is 132 Å². The van der Waals surface area contributed by atoms with Gasteiger partial charge in [0.25, 0.3) is 0 Å². The van der Waals surface area contributed by atoms with Crippen LogP contribution in [0.15, 0.2) is 5.11 Å². The lowest BCUT2D eigenvalue weighted by atomic mass is 9.96. The fourth-order valence-electron chi connectivity index (χ4n) is 2.12.